The number of hydrogen-bond acceptors (Lipinski definition) is 1. The summed E-state index contributed by atoms with van der Waals surface area (Å²) < 4.78 is 0. The number of piperidine rings is 1. The van der Waals surface area contributed by atoms with Gasteiger partial charge in [0.05, 0.1) is 0 Å². The van der Waals surface area contributed by atoms with Crippen molar-refractivity contribution >= 4 is 0 Å². The lowest BCUT2D eigenvalue weighted by Crippen LogP contribution is -2.37. The maximum Gasteiger partial charge on any atom is 0.00671 e. The van der Waals surface area contributed by atoms with E-state index < -0.39 is 0 Å². The Kier molecular flexibility index (Phi) is 3.20. The Balaban J connectivity index is 2.13. The van der Waals surface area contributed by atoms with Gasteiger partial charge < -0.3 is 5.32 Å². The van der Waals surface area contributed by atoms with Gasteiger partial charge in [0.2, 0.25) is 0 Å². The average Bonchev–Trinajstić information content (AvgIpc) is 1.95. The van der Waals surface area contributed by atoms with Gasteiger partial charge in [-0.1, -0.05) is 20.3 Å². The molecule has 1 aliphatic heterocycles. The minimum atomic E-state index is 0.834. The van der Waals surface area contributed by atoms with Gasteiger partial charge in [0, 0.05) is 6.04 Å². The van der Waals surface area contributed by atoms with E-state index in [0.29, 0.717) is 0 Å². The van der Waals surface area contributed by atoms with Gasteiger partial charge in [-0.3, -0.25) is 0 Å². The molecule has 0 radical (unpaired) electrons. The minimum Gasteiger partial charge on any atom is -0.314 e. The summed E-state index contributed by atoms with van der Waals surface area (Å²) in [5, 5.41) is 3.57. The van der Waals surface area contributed by atoms with Crippen molar-refractivity contribution in [3.63, 3.8) is 0 Å². The third-order valence-corrected chi connectivity index (χ3v) is 2.40. The second-order valence-corrected chi connectivity index (χ2v) is 3.58. The zero-order valence-corrected chi connectivity index (χ0v) is 7.19. The molecule has 0 aromatic rings. The topological polar surface area (TPSA) is 12.0 Å². The van der Waals surface area contributed by atoms with Gasteiger partial charge in [-0.25, -0.2) is 0 Å². The molecule has 0 aliphatic carbocycles. The van der Waals surface area contributed by atoms with Gasteiger partial charge in [-0.2, -0.15) is 0 Å². The summed E-state index contributed by atoms with van der Waals surface area (Å²) in [4.78, 5) is 0. The first kappa shape index (κ1) is 8.06. The first-order valence-electron chi connectivity index (χ1n) is 4.56. The molecule has 0 saturated carbocycles. The Labute approximate surface area is 64.2 Å². The molecular weight excluding hydrogens is 122 g/mol. The van der Waals surface area contributed by atoms with E-state index in [-0.39, 0.29) is 0 Å². The average molecular weight is 141 g/mol. The lowest BCUT2D eigenvalue weighted by atomic mass is 9.94. The summed E-state index contributed by atoms with van der Waals surface area (Å²) in [7, 11) is 0. The fourth-order valence-corrected chi connectivity index (χ4v) is 1.65. The van der Waals surface area contributed by atoms with Crippen LogP contribution in [0.4, 0.5) is 0 Å². The Morgan fingerprint density at radius 1 is 1.40 bits per heavy atom. The Bertz CT molecular complexity index is 82.7. The predicted octanol–water partition coefficient (Wildman–Crippen LogP) is 2.17. The van der Waals surface area contributed by atoms with Crippen molar-refractivity contribution in [3.8, 4) is 0 Å². The van der Waals surface area contributed by atoms with E-state index in [1.54, 1.807) is 0 Å². The van der Waals surface area contributed by atoms with Crippen molar-refractivity contribution in [2.24, 2.45) is 5.92 Å². The van der Waals surface area contributed by atoms with Crippen molar-refractivity contribution in [1.82, 2.24) is 5.32 Å². The van der Waals surface area contributed by atoms with Crippen molar-refractivity contribution in [3.05, 3.63) is 0 Å². The smallest absolute Gasteiger partial charge is 0.00671 e. The molecule has 1 fully saturated rings. The molecule has 1 nitrogen and oxygen atoms in total. The highest BCUT2D eigenvalue weighted by Gasteiger charge is 2.15. The number of nitrogens with one attached hydrogen (secondary N) is 1. The normalized spacial score (nSPS) is 34.2. The van der Waals surface area contributed by atoms with E-state index in [2.05, 4.69) is 19.2 Å². The van der Waals surface area contributed by atoms with Crippen LogP contribution in [0.15, 0.2) is 0 Å². The van der Waals surface area contributed by atoms with Crippen molar-refractivity contribution in [2.45, 2.75) is 45.6 Å². The molecule has 1 heterocycles. The first-order chi connectivity index (χ1) is 4.83. The molecule has 10 heavy (non-hydrogen) atoms. The van der Waals surface area contributed by atoms with Crippen LogP contribution < -0.4 is 5.32 Å². The first-order valence-corrected chi connectivity index (χ1v) is 4.56. The lowest BCUT2D eigenvalue weighted by Gasteiger charge is -2.27. The van der Waals surface area contributed by atoms with E-state index in [0.717, 1.165) is 12.0 Å². The minimum absolute atomic E-state index is 0.834. The highest BCUT2D eigenvalue weighted by molar-refractivity contribution is 4.74. The van der Waals surface area contributed by atoms with Crippen LogP contribution in [0.25, 0.3) is 0 Å². The monoisotopic (exact) mass is 141 g/mol. The largest absolute Gasteiger partial charge is 0.314 e. The van der Waals surface area contributed by atoms with Crippen molar-refractivity contribution in [1.29, 1.82) is 0 Å². The van der Waals surface area contributed by atoms with Crippen LogP contribution >= 0.6 is 0 Å². The third kappa shape index (κ3) is 2.30. The molecule has 0 bridgehead atoms. The fourth-order valence-electron chi connectivity index (χ4n) is 1.65. The van der Waals surface area contributed by atoms with Crippen LogP contribution in [0, 0.1) is 5.92 Å². The second kappa shape index (κ2) is 3.97. The van der Waals surface area contributed by atoms with Crippen molar-refractivity contribution in [2.75, 3.05) is 6.54 Å². The predicted molar refractivity (Wildman–Crippen MR) is 45.1 cm³/mol. The standard InChI is InChI=1S/C9H19N/c1-3-4-9-6-5-8(2)7-10-9/h8-10H,3-7H2,1-2H3. The zero-order valence-electron chi connectivity index (χ0n) is 7.19. The van der Waals surface area contributed by atoms with E-state index >= 15 is 0 Å². The van der Waals surface area contributed by atoms with Crippen LogP contribution in [0.2, 0.25) is 0 Å². The second-order valence-electron chi connectivity index (χ2n) is 3.58. The molecule has 60 valence electrons. The summed E-state index contributed by atoms with van der Waals surface area (Å²) in [5.41, 5.74) is 0. The Morgan fingerprint density at radius 3 is 2.70 bits per heavy atom. The molecule has 0 aromatic heterocycles. The van der Waals surface area contributed by atoms with Gasteiger partial charge >= 0.3 is 0 Å². The maximum absolute atomic E-state index is 3.57. The third-order valence-electron chi connectivity index (χ3n) is 2.40. The van der Waals surface area contributed by atoms with Crippen LogP contribution in [-0.2, 0) is 0 Å². The van der Waals surface area contributed by atoms with Crippen LogP contribution in [0.5, 0.6) is 0 Å². The highest BCUT2D eigenvalue weighted by Crippen LogP contribution is 2.15. The SMILES string of the molecule is CCCC1CCC(C)CN1. The van der Waals surface area contributed by atoms with E-state index in [1.807, 2.05) is 0 Å². The molecule has 2 unspecified atom stereocenters. The van der Waals surface area contributed by atoms with Gasteiger partial charge in [0.25, 0.3) is 0 Å². The summed E-state index contributed by atoms with van der Waals surface area (Å²) in [5.74, 6) is 0.910. The van der Waals surface area contributed by atoms with Crippen LogP contribution in [0.3, 0.4) is 0 Å². The van der Waals surface area contributed by atoms with E-state index in [4.69, 9.17) is 0 Å². The molecular formula is C9H19N. The van der Waals surface area contributed by atoms with Crippen LogP contribution in [-0.4, -0.2) is 12.6 Å². The molecule has 1 heteroatoms. The molecule has 1 aliphatic rings. The molecule has 0 spiro atoms. The summed E-state index contributed by atoms with van der Waals surface area (Å²) in [6.45, 7) is 5.83. The van der Waals surface area contributed by atoms with Gasteiger partial charge in [-0.15, -0.1) is 0 Å². The number of hydrogen-bond donors (Lipinski definition) is 1. The highest BCUT2D eigenvalue weighted by atomic mass is 14.9. The maximum atomic E-state index is 3.57. The van der Waals surface area contributed by atoms with Gasteiger partial charge in [0.15, 0.2) is 0 Å². The molecule has 0 aromatic carbocycles. The quantitative estimate of drug-likeness (QED) is 0.621. The fraction of sp³-hybridized carbons (Fsp3) is 1.00. The van der Waals surface area contributed by atoms with E-state index in [1.165, 1.54) is 32.2 Å². The van der Waals surface area contributed by atoms with Crippen molar-refractivity contribution < 1.29 is 0 Å². The molecule has 0 amide bonds. The lowest BCUT2D eigenvalue weighted by molar-refractivity contribution is 0.314. The summed E-state index contributed by atoms with van der Waals surface area (Å²) in [6, 6.07) is 0.834. The Morgan fingerprint density at radius 2 is 2.20 bits per heavy atom. The summed E-state index contributed by atoms with van der Waals surface area (Å²) in [6.07, 6.45) is 5.52. The van der Waals surface area contributed by atoms with Gasteiger partial charge in [0.1, 0.15) is 0 Å². The Hall–Kier alpha value is -0.0400. The van der Waals surface area contributed by atoms with Crippen LogP contribution in [0.1, 0.15) is 39.5 Å². The van der Waals surface area contributed by atoms with Gasteiger partial charge in [-0.05, 0) is 31.7 Å². The zero-order chi connectivity index (χ0) is 7.40. The molecule has 2 atom stereocenters. The molecule has 1 saturated heterocycles. The molecule has 1 rings (SSSR count). The summed E-state index contributed by atoms with van der Waals surface area (Å²) >= 11 is 0. The van der Waals surface area contributed by atoms with E-state index in [9.17, 15) is 0 Å². The molecule has 1 N–H and O–H groups in total. The number of rotatable bonds is 2.